The largest absolute Gasteiger partial charge is 0.480 e. The van der Waals surface area contributed by atoms with E-state index in [9.17, 15) is 14.0 Å². The first kappa shape index (κ1) is 19.9. The number of anilines is 1. The van der Waals surface area contributed by atoms with E-state index in [0.717, 1.165) is 17.7 Å². The Balaban J connectivity index is 1.86. The molecule has 7 heteroatoms. The highest BCUT2D eigenvalue weighted by Gasteiger charge is 2.17. The third kappa shape index (κ3) is 5.56. The number of para-hydroxylation sites is 1. The molecule has 2 rings (SSSR count). The van der Waals surface area contributed by atoms with Gasteiger partial charge in [-0.25, -0.2) is 4.39 Å². The Labute approximate surface area is 160 Å². The molecule has 0 aliphatic rings. The number of ether oxygens (including phenoxy) is 1. The smallest absolute Gasteiger partial charge is 0.261 e. The van der Waals surface area contributed by atoms with Crippen molar-refractivity contribution in [3.8, 4) is 5.75 Å². The zero-order valence-electron chi connectivity index (χ0n) is 14.5. The Morgan fingerprint density at radius 3 is 2.65 bits per heavy atom. The van der Waals surface area contributed by atoms with Crippen LogP contribution < -0.4 is 15.4 Å². The summed E-state index contributed by atoms with van der Waals surface area (Å²) in [6, 6.07) is 11.4. The third-order valence-electron chi connectivity index (χ3n) is 3.66. The topological polar surface area (TPSA) is 67.4 Å². The lowest BCUT2D eigenvalue weighted by atomic mass is 10.1. The first-order chi connectivity index (χ1) is 12.4. The van der Waals surface area contributed by atoms with E-state index in [1.165, 1.54) is 18.2 Å². The van der Waals surface area contributed by atoms with Crippen LogP contribution in [-0.2, 0) is 16.0 Å². The van der Waals surface area contributed by atoms with Gasteiger partial charge in [0, 0.05) is 5.69 Å². The molecule has 0 heterocycles. The molecule has 0 saturated heterocycles. The van der Waals surface area contributed by atoms with E-state index in [4.69, 9.17) is 4.74 Å². The van der Waals surface area contributed by atoms with Crippen molar-refractivity contribution in [2.45, 2.75) is 26.4 Å². The minimum Gasteiger partial charge on any atom is -0.480 e. The van der Waals surface area contributed by atoms with E-state index < -0.39 is 17.8 Å². The number of carbonyl (C=O) groups excluding carboxylic acids is 2. The highest BCUT2D eigenvalue weighted by atomic mass is 79.9. The van der Waals surface area contributed by atoms with E-state index >= 15 is 0 Å². The van der Waals surface area contributed by atoms with Gasteiger partial charge >= 0.3 is 0 Å². The summed E-state index contributed by atoms with van der Waals surface area (Å²) in [7, 11) is 0. The van der Waals surface area contributed by atoms with Crippen LogP contribution in [0.2, 0.25) is 0 Å². The van der Waals surface area contributed by atoms with E-state index in [0.29, 0.717) is 10.2 Å². The average Bonchev–Trinajstić information content (AvgIpc) is 2.62. The first-order valence-electron chi connectivity index (χ1n) is 8.18. The SMILES string of the molecule is CCc1ccccc1NC(=O)CNC(=O)[C@@H](C)Oc1ccc(F)cc1Br. The molecule has 1 atom stereocenters. The molecule has 2 N–H and O–H groups in total. The van der Waals surface area contributed by atoms with Gasteiger partial charge in [-0.2, -0.15) is 0 Å². The predicted molar refractivity (Wildman–Crippen MR) is 102 cm³/mol. The summed E-state index contributed by atoms with van der Waals surface area (Å²) in [4.78, 5) is 24.1. The molecule has 26 heavy (non-hydrogen) atoms. The molecule has 0 fully saturated rings. The highest BCUT2D eigenvalue weighted by Crippen LogP contribution is 2.26. The summed E-state index contributed by atoms with van der Waals surface area (Å²) in [5, 5.41) is 5.30. The second kappa shape index (κ2) is 9.33. The zero-order valence-corrected chi connectivity index (χ0v) is 16.1. The Morgan fingerprint density at radius 1 is 1.23 bits per heavy atom. The molecule has 0 aromatic heterocycles. The molecule has 5 nitrogen and oxygen atoms in total. The minimum absolute atomic E-state index is 0.171. The molecule has 2 amide bonds. The van der Waals surface area contributed by atoms with E-state index in [1.807, 2.05) is 31.2 Å². The lowest BCUT2D eigenvalue weighted by Gasteiger charge is -2.16. The van der Waals surface area contributed by atoms with Gasteiger partial charge in [-0.15, -0.1) is 0 Å². The van der Waals surface area contributed by atoms with Crippen LogP contribution in [0, 0.1) is 5.82 Å². The van der Waals surface area contributed by atoms with Crippen molar-refractivity contribution in [3.05, 3.63) is 58.3 Å². The molecule has 2 aromatic rings. The molecule has 138 valence electrons. The molecule has 0 bridgehead atoms. The van der Waals surface area contributed by atoms with Crippen LogP contribution in [0.4, 0.5) is 10.1 Å². The summed E-state index contributed by atoms with van der Waals surface area (Å²) in [5.74, 6) is -0.838. The van der Waals surface area contributed by atoms with Crippen molar-refractivity contribution < 1.29 is 18.7 Å². The zero-order chi connectivity index (χ0) is 19.1. The Bertz CT molecular complexity index is 798. The van der Waals surface area contributed by atoms with Gasteiger partial charge in [0.05, 0.1) is 11.0 Å². The number of aryl methyl sites for hydroxylation is 1. The fraction of sp³-hybridized carbons (Fsp3) is 0.263. The van der Waals surface area contributed by atoms with Gasteiger partial charge in [-0.3, -0.25) is 9.59 Å². The molecule has 0 aliphatic carbocycles. The Morgan fingerprint density at radius 2 is 1.96 bits per heavy atom. The molecule has 0 saturated carbocycles. The number of benzene rings is 2. The lowest BCUT2D eigenvalue weighted by molar-refractivity contribution is -0.129. The van der Waals surface area contributed by atoms with E-state index in [2.05, 4.69) is 26.6 Å². The van der Waals surface area contributed by atoms with Crippen molar-refractivity contribution in [2.24, 2.45) is 0 Å². The summed E-state index contributed by atoms with van der Waals surface area (Å²) in [6.45, 7) is 3.38. The van der Waals surface area contributed by atoms with Gasteiger partial charge in [0.25, 0.3) is 5.91 Å². The lowest BCUT2D eigenvalue weighted by Crippen LogP contribution is -2.40. The second-order valence-corrected chi connectivity index (χ2v) is 6.47. The number of hydrogen-bond acceptors (Lipinski definition) is 3. The monoisotopic (exact) mass is 422 g/mol. The van der Waals surface area contributed by atoms with Crippen LogP contribution in [0.5, 0.6) is 5.75 Å². The minimum atomic E-state index is -0.840. The van der Waals surface area contributed by atoms with Crippen molar-refractivity contribution in [1.82, 2.24) is 5.32 Å². The van der Waals surface area contributed by atoms with Crippen molar-refractivity contribution in [2.75, 3.05) is 11.9 Å². The van der Waals surface area contributed by atoms with Crippen molar-refractivity contribution >= 4 is 33.4 Å². The second-order valence-electron chi connectivity index (χ2n) is 5.61. The third-order valence-corrected chi connectivity index (χ3v) is 4.28. The predicted octanol–water partition coefficient (Wildman–Crippen LogP) is 3.67. The summed E-state index contributed by atoms with van der Waals surface area (Å²) >= 11 is 3.18. The van der Waals surface area contributed by atoms with Gasteiger partial charge in [-0.05, 0) is 59.1 Å². The summed E-state index contributed by atoms with van der Waals surface area (Å²) in [6.07, 6.45) is -0.0484. The fourth-order valence-corrected chi connectivity index (χ4v) is 2.72. The fourth-order valence-electron chi connectivity index (χ4n) is 2.27. The number of amides is 2. The maximum absolute atomic E-state index is 13.1. The van der Waals surface area contributed by atoms with Crippen molar-refractivity contribution in [3.63, 3.8) is 0 Å². The summed E-state index contributed by atoms with van der Waals surface area (Å²) in [5.41, 5.74) is 1.75. The van der Waals surface area contributed by atoms with E-state index in [-0.39, 0.29) is 12.5 Å². The van der Waals surface area contributed by atoms with Gasteiger partial charge in [0.15, 0.2) is 6.10 Å². The van der Waals surface area contributed by atoms with Crippen LogP contribution in [-0.4, -0.2) is 24.5 Å². The summed E-state index contributed by atoms with van der Waals surface area (Å²) < 4.78 is 19.0. The average molecular weight is 423 g/mol. The number of halogens is 2. The Hall–Kier alpha value is -2.41. The van der Waals surface area contributed by atoms with Crippen LogP contribution >= 0.6 is 15.9 Å². The molecule has 0 aliphatic heterocycles. The van der Waals surface area contributed by atoms with Crippen LogP contribution in [0.1, 0.15) is 19.4 Å². The number of rotatable bonds is 7. The first-order valence-corrected chi connectivity index (χ1v) is 8.97. The van der Waals surface area contributed by atoms with Crippen LogP contribution in [0.3, 0.4) is 0 Å². The molecular formula is C19H20BrFN2O3. The maximum Gasteiger partial charge on any atom is 0.261 e. The highest BCUT2D eigenvalue weighted by molar-refractivity contribution is 9.10. The van der Waals surface area contributed by atoms with Crippen molar-refractivity contribution in [1.29, 1.82) is 0 Å². The number of hydrogen-bond donors (Lipinski definition) is 2. The molecule has 0 radical (unpaired) electrons. The molecule has 2 aromatic carbocycles. The quantitative estimate of drug-likeness (QED) is 0.714. The Kier molecular flexibility index (Phi) is 7.15. The van der Waals surface area contributed by atoms with Crippen LogP contribution in [0.15, 0.2) is 46.9 Å². The van der Waals surface area contributed by atoms with Gasteiger partial charge in [0.1, 0.15) is 11.6 Å². The molecule has 0 spiro atoms. The van der Waals surface area contributed by atoms with Gasteiger partial charge in [0.2, 0.25) is 5.91 Å². The number of nitrogens with one attached hydrogen (secondary N) is 2. The maximum atomic E-state index is 13.1. The normalized spacial score (nSPS) is 11.5. The van der Waals surface area contributed by atoms with Gasteiger partial charge < -0.3 is 15.4 Å². The van der Waals surface area contributed by atoms with E-state index in [1.54, 1.807) is 6.92 Å². The molecular weight excluding hydrogens is 403 g/mol. The standard InChI is InChI=1S/C19H20BrFN2O3/c1-3-13-6-4-5-7-16(13)23-18(24)11-22-19(25)12(2)26-17-9-8-14(21)10-15(17)20/h4-10,12H,3,11H2,1-2H3,(H,22,25)(H,23,24)/t12-/m1/s1. The molecule has 0 unspecified atom stereocenters. The van der Waals surface area contributed by atoms with Crippen LogP contribution in [0.25, 0.3) is 0 Å². The number of carbonyl (C=O) groups is 2. The van der Waals surface area contributed by atoms with Gasteiger partial charge in [-0.1, -0.05) is 25.1 Å².